The summed E-state index contributed by atoms with van der Waals surface area (Å²) in [5.74, 6) is 0.0869. The molecule has 1 saturated heterocycles. The molecule has 5 heteroatoms. The first kappa shape index (κ1) is 15.0. The summed E-state index contributed by atoms with van der Waals surface area (Å²) in [6.07, 6.45) is 9.20. The minimum absolute atomic E-state index is 0.0869. The quantitative estimate of drug-likeness (QED) is 0.911. The van der Waals surface area contributed by atoms with Crippen LogP contribution >= 0.6 is 11.3 Å². The summed E-state index contributed by atoms with van der Waals surface area (Å²) in [5, 5.41) is 2.70. The molecule has 1 aliphatic carbocycles. The van der Waals surface area contributed by atoms with E-state index in [-0.39, 0.29) is 11.9 Å². The lowest BCUT2D eigenvalue weighted by Crippen LogP contribution is -2.44. The number of nitrogens with zero attached hydrogens (tertiary/aromatic N) is 2. The van der Waals surface area contributed by atoms with Crippen LogP contribution < -0.4 is 5.73 Å². The highest BCUT2D eigenvalue weighted by atomic mass is 32.1. The molecule has 1 atom stereocenters. The first-order chi connectivity index (χ1) is 10.1. The van der Waals surface area contributed by atoms with Crippen molar-refractivity contribution in [3.63, 3.8) is 0 Å². The maximum absolute atomic E-state index is 12.5. The number of carbonyl (C=O) groups excluding carboxylic acids is 1. The average molecular weight is 307 g/mol. The van der Waals surface area contributed by atoms with E-state index in [9.17, 15) is 4.79 Å². The van der Waals surface area contributed by atoms with E-state index >= 15 is 0 Å². The third-order valence-electron chi connectivity index (χ3n) is 5.16. The van der Waals surface area contributed by atoms with Crippen LogP contribution in [-0.4, -0.2) is 28.9 Å². The smallest absolute Gasteiger partial charge is 0.273 e. The van der Waals surface area contributed by atoms with Gasteiger partial charge in [0, 0.05) is 18.5 Å². The van der Waals surface area contributed by atoms with Gasteiger partial charge in [-0.25, -0.2) is 4.98 Å². The van der Waals surface area contributed by atoms with E-state index in [2.05, 4.69) is 4.98 Å². The predicted molar refractivity (Wildman–Crippen MR) is 85.4 cm³/mol. The molecule has 1 aromatic rings. The molecule has 1 spiro atoms. The molecular weight excluding hydrogens is 282 g/mol. The Bertz CT molecular complexity index is 495. The number of hydrogen-bond donors (Lipinski definition) is 1. The minimum atomic E-state index is -0.0941. The highest BCUT2D eigenvalue weighted by Gasteiger charge is 2.37. The van der Waals surface area contributed by atoms with E-state index in [1.165, 1.54) is 56.3 Å². The maximum Gasteiger partial charge on any atom is 0.273 e. The summed E-state index contributed by atoms with van der Waals surface area (Å²) in [4.78, 5) is 18.9. The molecule has 116 valence electrons. The van der Waals surface area contributed by atoms with E-state index in [0.29, 0.717) is 11.1 Å². The molecular formula is C16H25N3OS. The summed E-state index contributed by atoms with van der Waals surface area (Å²) in [7, 11) is 0. The summed E-state index contributed by atoms with van der Waals surface area (Å²) >= 11 is 1.49. The average Bonchev–Trinajstić information content (AvgIpc) is 2.98. The van der Waals surface area contributed by atoms with Gasteiger partial charge in [0.2, 0.25) is 0 Å². The van der Waals surface area contributed by atoms with Gasteiger partial charge in [-0.3, -0.25) is 4.79 Å². The molecule has 2 N–H and O–H groups in total. The number of hydrogen-bond acceptors (Lipinski definition) is 4. The molecule has 1 amide bonds. The van der Waals surface area contributed by atoms with Crippen molar-refractivity contribution in [2.75, 3.05) is 13.1 Å². The zero-order chi connectivity index (χ0) is 14.9. The lowest BCUT2D eigenvalue weighted by molar-refractivity contribution is 0.0468. The number of amides is 1. The van der Waals surface area contributed by atoms with Crippen LogP contribution in [0.2, 0.25) is 0 Å². The Kier molecular flexibility index (Phi) is 4.31. The van der Waals surface area contributed by atoms with Gasteiger partial charge in [0.15, 0.2) is 0 Å². The second-order valence-electron chi connectivity index (χ2n) is 6.71. The third-order valence-corrected chi connectivity index (χ3v) is 6.20. The van der Waals surface area contributed by atoms with Gasteiger partial charge in [0.1, 0.15) is 10.7 Å². The number of aromatic nitrogens is 1. The van der Waals surface area contributed by atoms with Crippen LogP contribution in [0.1, 0.15) is 73.4 Å². The second-order valence-corrected chi connectivity index (χ2v) is 7.60. The molecule has 1 aliphatic heterocycles. The molecule has 0 radical (unpaired) electrons. The number of carbonyl (C=O) groups is 1. The predicted octanol–water partition coefficient (Wildman–Crippen LogP) is 3.35. The number of piperidine rings is 1. The lowest BCUT2D eigenvalue weighted by atomic mass is 9.68. The fourth-order valence-corrected chi connectivity index (χ4v) is 4.49. The van der Waals surface area contributed by atoms with Gasteiger partial charge < -0.3 is 10.6 Å². The van der Waals surface area contributed by atoms with Gasteiger partial charge in [-0.05, 0) is 38.0 Å². The Morgan fingerprint density at radius 3 is 2.52 bits per heavy atom. The molecule has 0 bridgehead atoms. The van der Waals surface area contributed by atoms with Crippen molar-refractivity contribution in [1.82, 2.24) is 9.88 Å². The van der Waals surface area contributed by atoms with Gasteiger partial charge in [-0.2, -0.15) is 0 Å². The Morgan fingerprint density at radius 1 is 1.29 bits per heavy atom. The van der Waals surface area contributed by atoms with E-state index < -0.39 is 0 Å². The molecule has 2 aliphatic rings. The number of nitrogens with two attached hydrogens (primary N) is 1. The number of likely N-dealkylation sites (tertiary alicyclic amines) is 1. The Morgan fingerprint density at radius 2 is 1.95 bits per heavy atom. The monoisotopic (exact) mass is 307 g/mol. The van der Waals surface area contributed by atoms with Crippen LogP contribution in [0.4, 0.5) is 0 Å². The van der Waals surface area contributed by atoms with Crippen LogP contribution in [0.15, 0.2) is 5.38 Å². The van der Waals surface area contributed by atoms with Crippen LogP contribution in [0.5, 0.6) is 0 Å². The van der Waals surface area contributed by atoms with Crippen molar-refractivity contribution in [2.45, 2.75) is 57.9 Å². The van der Waals surface area contributed by atoms with Gasteiger partial charge in [0.05, 0.1) is 6.04 Å². The molecule has 21 heavy (non-hydrogen) atoms. The van der Waals surface area contributed by atoms with E-state index in [1.807, 2.05) is 17.2 Å². The zero-order valence-corrected chi connectivity index (χ0v) is 13.6. The zero-order valence-electron chi connectivity index (χ0n) is 12.8. The van der Waals surface area contributed by atoms with Crippen molar-refractivity contribution in [3.8, 4) is 0 Å². The molecule has 1 unspecified atom stereocenters. The topological polar surface area (TPSA) is 59.2 Å². The molecule has 4 nitrogen and oxygen atoms in total. The molecule has 3 rings (SSSR count). The van der Waals surface area contributed by atoms with Gasteiger partial charge >= 0.3 is 0 Å². The van der Waals surface area contributed by atoms with Crippen molar-refractivity contribution >= 4 is 17.2 Å². The van der Waals surface area contributed by atoms with Gasteiger partial charge in [-0.1, -0.05) is 19.3 Å². The molecule has 1 saturated carbocycles. The van der Waals surface area contributed by atoms with Gasteiger partial charge in [0.25, 0.3) is 5.91 Å². The standard InChI is InChI=1S/C16H25N3OS/c1-12(17)14-18-13(11-21-14)15(20)19-9-7-16(8-10-19)5-3-2-4-6-16/h11-12H,2-10,17H2,1H3. The van der Waals surface area contributed by atoms with Crippen molar-refractivity contribution < 1.29 is 4.79 Å². The van der Waals surface area contributed by atoms with Crippen molar-refractivity contribution in [1.29, 1.82) is 0 Å². The Balaban J connectivity index is 1.61. The van der Waals surface area contributed by atoms with Crippen molar-refractivity contribution in [3.05, 3.63) is 16.1 Å². The SMILES string of the molecule is CC(N)c1nc(C(=O)N2CCC3(CCCCC3)CC2)cs1. The third kappa shape index (κ3) is 3.14. The number of rotatable bonds is 2. The maximum atomic E-state index is 12.5. The fourth-order valence-electron chi connectivity index (χ4n) is 3.74. The van der Waals surface area contributed by atoms with Crippen molar-refractivity contribution in [2.24, 2.45) is 11.1 Å². The highest BCUT2D eigenvalue weighted by Crippen LogP contribution is 2.44. The summed E-state index contributed by atoms with van der Waals surface area (Å²) < 4.78 is 0. The largest absolute Gasteiger partial charge is 0.337 e. The second kappa shape index (κ2) is 6.05. The van der Waals surface area contributed by atoms with E-state index in [4.69, 9.17) is 5.73 Å². The van der Waals surface area contributed by atoms with Crippen LogP contribution in [0.3, 0.4) is 0 Å². The molecule has 1 aromatic heterocycles. The molecule has 2 fully saturated rings. The fraction of sp³-hybridized carbons (Fsp3) is 0.750. The Hall–Kier alpha value is -0.940. The van der Waals surface area contributed by atoms with Crippen LogP contribution in [-0.2, 0) is 0 Å². The van der Waals surface area contributed by atoms with Crippen LogP contribution in [0.25, 0.3) is 0 Å². The van der Waals surface area contributed by atoms with Gasteiger partial charge in [-0.15, -0.1) is 11.3 Å². The summed E-state index contributed by atoms with van der Waals surface area (Å²) in [5.41, 5.74) is 6.93. The molecule has 2 heterocycles. The van der Waals surface area contributed by atoms with E-state index in [1.54, 1.807) is 0 Å². The minimum Gasteiger partial charge on any atom is -0.337 e. The summed E-state index contributed by atoms with van der Waals surface area (Å²) in [6.45, 7) is 3.69. The van der Waals surface area contributed by atoms with Crippen LogP contribution in [0, 0.1) is 5.41 Å². The normalized spacial score (nSPS) is 23.2. The van der Waals surface area contributed by atoms with E-state index in [0.717, 1.165) is 18.1 Å². The lowest BCUT2D eigenvalue weighted by Gasteiger charge is -2.44. The Labute approximate surface area is 130 Å². The molecule has 0 aromatic carbocycles. The summed E-state index contributed by atoms with van der Waals surface area (Å²) in [6, 6.07) is -0.0941. The number of thiazole rings is 1. The first-order valence-electron chi connectivity index (χ1n) is 8.10. The first-order valence-corrected chi connectivity index (χ1v) is 8.98. The highest BCUT2D eigenvalue weighted by molar-refractivity contribution is 7.09.